The molecule has 2 rings (SSSR count). The maximum Gasteiger partial charge on any atom is 0.328 e. The van der Waals surface area contributed by atoms with Gasteiger partial charge in [-0.3, -0.25) is 9.59 Å². The van der Waals surface area contributed by atoms with E-state index in [4.69, 9.17) is 4.74 Å². The molecule has 2 aromatic carbocycles. The van der Waals surface area contributed by atoms with Crippen molar-refractivity contribution in [3.63, 3.8) is 0 Å². The van der Waals surface area contributed by atoms with Crippen molar-refractivity contribution < 1.29 is 19.1 Å². The minimum atomic E-state index is -0.779. The zero-order valence-electron chi connectivity index (χ0n) is 16.6. The van der Waals surface area contributed by atoms with E-state index >= 15 is 0 Å². The van der Waals surface area contributed by atoms with E-state index in [1.165, 1.54) is 7.11 Å². The lowest BCUT2D eigenvalue weighted by atomic mass is 10.1. The van der Waals surface area contributed by atoms with Crippen LogP contribution < -0.4 is 10.6 Å². The van der Waals surface area contributed by atoms with E-state index in [-0.39, 0.29) is 17.9 Å². The third-order valence-electron chi connectivity index (χ3n) is 4.27. The maximum absolute atomic E-state index is 12.3. The van der Waals surface area contributed by atoms with Crippen LogP contribution in [0.1, 0.15) is 40.5 Å². The molecule has 0 bridgehead atoms. The third-order valence-corrected chi connectivity index (χ3v) is 4.27. The molecule has 0 spiro atoms. The summed E-state index contributed by atoms with van der Waals surface area (Å²) in [4.78, 5) is 36.4. The molecular weight excluding hydrogens is 368 g/mol. The topological polar surface area (TPSA) is 84.5 Å². The van der Waals surface area contributed by atoms with Crippen LogP contribution in [0.3, 0.4) is 0 Å². The van der Waals surface area contributed by atoms with Gasteiger partial charge in [0, 0.05) is 17.2 Å². The molecule has 0 aliphatic heterocycles. The number of benzene rings is 2. The SMILES string of the molecule is COC(=O)C(CC=CCC(C)NC(=O)c1ccccc1)NC(=O)c1ccccc1. The average molecular weight is 394 g/mol. The van der Waals surface area contributed by atoms with Crippen molar-refractivity contribution in [1.29, 1.82) is 0 Å². The molecule has 2 unspecified atom stereocenters. The fourth-order valence-corrected chi connectivity index (χ4v) is 2.68. The second kappa shape index (κ2) is 11.4. The van der Waals surface area contributed by atoms with Crippen LogP contribution in [0.2, 0.25) is 0 Å². The molecule has 0 saturated carbocycles. The lowest BCUT2D eigenvalue weighted by molar-refractivity contribution is -0.142. The third kappa shape index (κ3) is 7.25. The van der Waals surface area contributed by atoms with Crippen LogP contribution in [-0.4, -0.2) is 37.0 Å². The number of hydrogen-bond donors (Lipinski definition) is 2. The van der Waals surface area contributed by atoms with Crippen molar-refractivity contribution in [2.75, 3.05) is 7.11 Å². The minimum Gasteiger partial charge on any atom is -0.467 e. The zero-order valence-corrected chi connectivity index (χ0v) is 16.6. The lowest BCUT2D eigenvalue weighted by Gasteiger charge is -2.15. The van der Waals surface area contributed by atoms with Gasteiger partial charge in [0.15, 0.2) is 0 Å². The first kappa shape index (κ1) is 21.9. The highest BCUT2D eigenvalue weighted by Crippen LogP contribution is 2.05. The number of rotatable bonds is 9. The maximum atomic E-state index is 12.3. The molecule has 2 atom stereocenters. The molecule has 2 amide bonds. The van der Waals surface area contributed by atoms with Gasteiger partial charge in [-0.25, -0.2) is 4.79 Å². The van der Waals surface area contributed by atoms with Gasteiger partial charge in [0.1, 0.15) is 6.04 Å². The number of nitrogens with one attached hydrogen (secondary N) is 2. The second-order valence-corrected chi connectivity index (χ2v) is 6.60. The number of hydrogen-bond acceptors (Lipinski definition) is 4. The summed E-state index contributed by atoms with van der Waals surface area (Å²) in [5, 5.41) is 5.61. The second-order valence-electron chi connectivity index (χ2n) is 6.60. The predicted octanol–water partition coefficient (Wildman–Crippen LogP) is 3.11. The van der Waals surface area contributed by atoms with Crippen LogP contribution in [0.15, 0.2) is 72.8 Å². The Bertz CT molecular complexity index is 834. The van der Waals surface area contributed by atoms with E-state index in [9.17, 15) is 14.4 Å². The first-order valence-electron chi connectivity index (χ1n) is 9.46. The largest absolute Gasteiger partial charge is 0.467 e. The summed E-state index contributed by atoms with van der Waals surface area (Å²) in [5.74, 6) is -0.976. The summed E-state index contributed by atoms with van der Waals surface area (Å²) in [6.07, 6.45) is 4.57. The van der Waals surface area contributed by atoms with Crippen molar-refractivity contribution in [2.45, 2.75) is 31.8 Å². The van der Waals surface area contributed by atoms with Gasteiger partial charge in [0.2, 0.25) is 0 Å². The van der Waals surface area contributed by atoms with E-state index in [2.05, 4.69) is 10.6 Å². The first-order chi connectivity index (χ1) is 14.0. The summed E-state index contributed by atoms with van der Waals surface area (Å²) in [6, 6.07) is 16.8. The van der Waals surface area contributed by atoms with Crippen LogP contribution >= 0.6 is 0 Å². The van der Waals surface area contributed by atoms with Crippen molar-refractivity contribution in [3.8, 4) is 0 Å². The monoisotopic (exact) mass is 394 g/mol. The molecule has 6 nitrogen and oxygen atoms in total. The molecule has 2 aromatic rings. The van der Waals surface area contributed by atoms with Crippen molar-refractivity contribution in [2.24, 2.45) is 0 Å². The standard InChI is InChI=1S/C23H26N2O4/c1-17(24-21(26)18-12-5-3-6-13-18)11-9-10-16-20(23(28)29-2)25-22(27)19-14-7-4-8-15-19/h3-10,12-15,17,20H,11,16H2,1-2H3,(H,24,26)(H,25,27). The van der Waals surface area contributed by atoms with E-state index in [0.717, 1.165) is 0 Å². The molecule has 0 aliphatic rings. The van der Waals surface area contributed by atoms with Crippen molar-refractivity contribution >= 4 is 17.8 Å². The Morgan fingerprint density at radius 2 is 1.31 bits per heavy atom. The van der Waals surface area contributed by atoms with E-state index in [1.54, 1.807) is 42.5 Å². The molecule has 6 heteroatoms. The summed E-state index contributed by atoms with van der Waals surface area (Å²) in [6.45, 7) is 1.90. The number of amides is 2. The number of methoxy groups -OCH3 is 1. The molecule has 0 fully saturated rings. The molecule has 0 aromatic heterocycles. The highest BCUT2D eigenvalue weighted by atomic mass is 16.5. The smallest absolute Gasteiger partial charge is 0.328 e. The Morgan fingerprint density at radius 1 is 0.828 bits per heavy atom. The van der Waals surface area contributed by atoms with Gasteiger partial charge in [0.25, 0.3) is 11.8 Å². The first-order valence-corrected chi connectivity index (χ1v) is 9.46. The molecule has 29 heavy (non-hydrogen) atoms. The molecule has 0 aliphatic carbocycles. The summed E-state index contributed by atoms with van der Waals surface area (Å²) in [5.41, 5.74) is 1.08. The highest BCUT2D eigenvalue weighted by molar-refractivity contribution is 5.96. The Hall–Kier alpha value is -3.41. The van der Waals surface area contributed by atoms with Gasteiger partial charge in [-0.2, -0.15) is 0 Å². The molecule has 0 saturated heterocycles. The van der Waals surface area contributed by atoms with Crippen LogP contribution in [0.25, 0.3) is 0 Å². The van der Waals surface area contributed by atoms with Crippen LogP contribution in [0.4, 0.5) is 0 Å². The summed E-state index contributed by atoms with van der Waals surface area (Å²) < 4.78 is 4.78. The predicted molar refractivity (Wildman–Crippen MR) is 111 cm³/mol. The average Bonchev–Trinajstić information content (AvgIpc) is 2.76. The fourth-order valence-electron chi connectivity index (χ4n) is 2.68. The minimum absolute atomic E-state index is 0.0746. The molecular formula is C23H26N2O4. The van der Waals surface area contributed by atoms with Gasteiger partial charge >= 0.3 is 5.97 Å². The van der Waals surface area contributed by atoms with Crippen molar-refractivity contribution in [3.05, 3.63) is 83.9 Å². The van der Waals surface area contributed by atoms with Gasteiger partial charge in [-0.15, -0.1) is 0 Å². The number of ether oxygens (including phenoxy) is 1. The highest BCUT2D eigenvalue weighted by Gasteiger charge is 2.20. The van der Waals surface area contributed by atoms with E-state index in [1.807, 2.05) is 37.3 Å². The van der Waals surface area contributed by atoms with Crippen LogP contribution in [-0.2, 0) is 9.53 Å². The fraction of sp³-hybridized carbons (Fsp3) is 0.261. The summed E-state index contributed by atoms with van der Waals surface area (Å²) in [7, 11) is 1.29. The van der Waals surface area contributed by atoms with Gasteiger partial charge in [-0.1, -0.05) is 48.6 Å². The van der Waals surface area contributed by atoms with E-state index < -0.39 is 12.0 Å². The normalized spacial score (nSPS) is 12.8. The van der Waals surface area contributed by atoms with Gasteiger partial charge in [-0.05, 0) is 44.0 Å². The molecule has 2 N–H and O–H groups in total. The molecule has 0 heterocycles. The number of carbonyl (C=O) groups excluding carboxylic acids is 3. The summed E-state index contributed by atoms with van der Waals surface area (Å²) >= 11 is 0. The van der Waals surface area contributed by atoms with E-state index in [0.29, 0.717) is 24.0 Å². The van der Waals surface area contributed by atoms with Gasteiger partial charge in [0.05, 0.1) is 7.11 Å². The molecule has 0 radical (unpaired) electrons. The Morgan fingerprint density at radius 3 is 1.83 bits per heavy atom. The Labute approximate surface area is 171 Å². The molecule has 152 valence electrons. The number of esters is 1. The van der Waals surface area contributed by atoms with Crippen LogP contribution in [0, 0.1) is 0 Å². The van der Waals surface area contributed by atoms with Crippen molar-refractivity contribution in [1.82, 2.24) is 10.6 Å². The quantitative estimate of drug-likeness (QED) is 0.506. The zero-order chi connectivity index (χ0) is 21.1. The Kier molecular flexibility index (Phi) is 8.63. The lowest BCUT2D eigenvalue weighted by Crippen LogP contribution is -2.41. The van der Waals surface area contributed by atoms with Gasteiger partial charge < -0.3 is 15.4 Å². The Balaban J connectivity index is 1.85. The number of carbonyl (C=O) groups is 3. The van der Waals surface area contributed by atoms with Crippen LogP contribution in [0.5, 0.6) is 0 Å².